The van der Waals surface area contributed by atoms with Gasteiger partial charge in [0.2, 0.25) is 0 Å². The highest BCUT2D eigenvalue weighted by Crippen LogP contribution is 2.33. The van der Waals surface area contributed by atoms with E-state index < -0.39 is 0 Å². The van der Waals surface area contributed by atoms with Gasteiger partial charge in [0.15, 0.2) is 5.75 Å². The van der Waals surface area contributed by atoms with Crippen molar-refractivity contribution in [2.75, 3.05) is 14.2 Å². The highest BCUT2D eigenvalue weighted by Gasteiger charge is 2.23. The maximum atomic E-state index is 5.43. The summed E-state index contributed by atoms with van der Waals surface area (Å²) >= 11 is 3.61. The Balaban J connectivity index is 2.54. The molecule has 0 aliphatic carbocycles. The molecular weight excluding hydrogens is 306 g/mol. The van der Waals surface area contributed by atoms with Gasteiger partial charge < -0.3 is 10.1 Å². The Labute approximate surface area is 121 Å². The average Bonchev–Trinajstić information content (AvgIpc) is 2.85. The van der Waals surface area contributed by atoms with Gasteiger partial charge in [-0.3, -0.25) is 4.68 Å². The van der Waals surface area contributed by atoms with E-state index in [9.17, 15) is 0 Å². The van der Waals surface area contributed by atoms with E-state index in [1.54, 1.807) is 13.3 Å². The van der Waals surface area contributed by atoms with E-state index in [-0.39, 0.29) is 6.04 Å². The maximum Gasteiger partial charge on any atom is 0.161 e. The predicted octanol–water partition coefficient (Wildman–Crippen LogP) is 2.98. The number of hydrogen-bond donors (Lipinski definition) is 1. The summed E-state index contributed by atoms with van der Waals surface area (Å²) in [7, 11) is 3.61. The van der Waals surface area contributed by atoms with Gasteiger partial charge in [-0.1, -0.05) is 34.1 Å². The lowest BCUT2D eigenvalue weighted by Gasteiger charge is -2.20. The lowest BCUT2D eigenvalue weighted by molar-refractivity contribution is 0.401. The summed E-state index contributed by atoms with van der Waals surface area (Å²) in [6, 6.07) is 8.21. The van der Waals surface area contributed by atoms with Crippen LogP contribution < -0.4 is 10.1 Å². The van der Waals surface area contributed by atoms with E-state index in [2.05, 4.69) is 39.3 Å². The van der Waals surface area contributed by atoms with Crippen molar-refractivity contribution in [3.63, 3.8) is 0 Å². The van der Waals surface area contributed by atoms with Gasteiger partial charge in [-0.05, 0) is 25.6 Å². The van der Waals surface area contributed by atoms with Crippen LogP contribution in [0.5, 0.6) is 5.75 Å². The molecule has 0 radical (unpaired) electrons. The van der Waals surface area contributed by atoms with Gasteiger partial charge in [-0.25, -0.2) is 0 Å². The number of benzene rings is 1. The Morgan fingerprint density at radius 1 is 1.42 bits per heavy atom. The van der Waals surface area contributed by atoms with Crippen LogP contribution in [0.2, 0.25) is 0 Å². The maximum absolute atomic E-state index is 5.43. The van der Waals surface area contributed by atoms with Crippen LogP contribution in [0, 0.1) is 0 Å². The second-order valence-corrected chi connectivity index (χ2v) is 5.01. The minimum absolute atomic E-state index is 0.0352. The largest absolute Gasteiger partial charge is 0.493 e. The topological polar surface area (TPSA) is 39.1 Å². The Morgan fingerprint density at radius 3 is 2.74 bits per heavy atom. The molecule has 1 atom stereocenters. The van der Waals surface area contributed by atoms with Crippen LogP contribution in [-0.2, 0) is 6.54 Å². The van der Waals surface area contributed by atoms with Crippen molar-refractivity contribution in [3.05, 3.63) is 46.2 Å². The zero-order valence-corrected chi connectivity index (χ0v) is 12.9. The molecule has 0 spiro atoms. The fourth-order valence-corrected chi connectivity index (χ4v) is 2.74. The molecule has 1 aromatic heterocycles. The second kappa shape index (κ2) is 6.21. The standard InChI is InChI=1S/C14H18BrN3O/c1-4-18-14(12(19-3)9-17-18)13(16-2)10-7-5-6-8-11(10)15/h5-9,13,16H,4H2,1-3H3. The molecular formula is C14H18BrN3O. The molecule has 0 saturated carbocycles. The van der Waals surface area contributed by atoms with Gasteiger partial charge in [-0.2, -0.15) is 5.10 Å². The predicted molar refractivity (Wildman–Crippen MR) is 79.5 cm³/mol. The van der Waals surface area contributed by atoms with Gasteiger partial charge in [0.25, 0.3) is 0 Å². The molecule has 4 nitrogen and oxygen atoms in total. The quantitative estimate of drug-likeness (QED) is 0.919. The van der Waals surface area contributed by atoms with E-state index in [1.807, 2.05) is 29.9 Å². The van der Waals surface area contributed by atoms with Gasteiger partial charge >= 0.3 is 0 Å². The third-order valence-electron chi connectivity index (χ3n) is 3.14. The van der Waals surface area contributed by atoms with Crippen LogP contribution in [0.15, 0.2) is 34.9 Å². The molecule has 0 bridgehead atoms. The molecule has 5 heteroatoms. The van der Waals surface area contributed by atoms with E-state index in [0.717, 1.165) is 22.5 Å². The van der Waals surface area contributed by atoms with Crippen LogP contribution in [0.1, 0.15) is 24.2 Å². The number of aromatic nitrogens is 2. The van der Waals surface area contributed by atoms with Crippen molar-refractivity contribution >= 4 is 15.9 Å². The molecule has 1 unspecified atom stereocenters. The molecule has 2 rings (SSSR count). The first kappa shape index (κ1) is 14.1. The molecule has 0 aliphatic rings. The Hall–Kier alpha value is -1.33. The van der Waals surface area contributed by atoms with Crippen molar-refractivity contribution in [2.45, 2.75) is 19.5 Å². The highest BCUT2D eigenvalue weighted by atomic mass is 79.9. The number of nitrogens with zero attached hydrogens (tertiary/aromatic N) is 2. The molecule has 1 heterocycles. The molecule has 1 aromatic carbocycles. The van der Waals surface area contributed by atoms with E-state index in [0.29, 0.717) is 0 Å². The molecule has 0 saturated heterocycles. The Morgan fingerprint density at radius 2 is 2.16 bits per heavy atom. The van der Waals surface area contributed by atoms with Crippen LogP contribution in [0.25, 0.3) is 0 Å². The molecule has 102 valence electrons. The molecule has 0 fully saturated rings. The zero-order chi connectivity index (χ0) is 13.8. The van der Waals surface area contributed by atoms with E-state index in [4.69, 9.17) is 4.74 Å². The zero-order valence-electron chi connectivity index (χ0n) is 11.4. The Bertz CT molecular complexity index is 532. The molecule has 19 heavy (non-hydrogen) atoms. The first-order chi connectivity index (χ1) is 9.22. The van der Waals surface area contributed by atoms with Crippen LogP contribution >= 0.6 is 15.9 Å². The van der Waals surface area contributed by atoms with Crippen LogP contribution in [0.4, 0.5) is 0 Å². The third-order valence-corrected chi connectivity index (χ3v) is 3.86. The van der Waals surface area contributed by atoms with Crippen molar-refractivity contribution < 1.29 is 4.74 Å². The fraction of sp³-hybridized carbons (Fsp3) is 0.357. The smallest absolute Gasteiger partial charge is 0.161 e. The van der Waals surface area contributed by atoms with Gasteiger partial charge in [0.05, 0.1) is 19.3 Å². The molecule has 0 amide bonds. The number of rotatable bonds is 5. The van der Waals surface area contributed by atoms with E-state index >= 15 is 0 Å². The Kier molecular flexibility index (Phi) is 4.61. The van der Waals surface area contributed by atoms with E-state index in [1.165, 1.54) is 5.56 Å². The minimum atomic E-state index is 0.0352. The highest BCUT2D eigenvalue weighted by molar-refractivity contribution is 9.10. The summed E-state index contributed by atoms with van der Waals surface area (Å²) in [6.45, 7) is 2.88. The van der Waals surface area contributed by atoms with Crippen LogP contribution in [0.3, 0.4) is 0 Å². The number of hydrogen-bond acceptors (Lipinski definition) is 3. The number of methoxy groups -OCH3 is 1. The number of ether oxygens (including phenoxy) is 1. The summed E-state index contributed by atoms with van der Waals surface area (Å²) in [6.07, 6.45) is 1.76. The van der Waals surface area contributed by atoms with Crippen molar-refractivity contribution in [3.8, 4) is 5.75 Å². The number of nitrogens with one attached hydrogen (secondary N) is 1. The first-order valence-corrected chi connectivity index (χ1v) is 7.03. The number of halogens is 1. The summed E-state index contributed by atoms with van der Waals surface area (Å²) < 4.78 is 8.46. The summed E-state index contributed by atoms with van der Waals surface area (Å²) in [4.78, 5) is 0. The lowest BCUT2D eigenvalue weighted by atomic mass is 10.0. The van der Waals surface area contributed by atoms with Crippen LogP contribution in [-0.4, -0.2) is 23.9 Å². The monoisotopic (exact) mass is 323 g/mol. The summed E-state index contributed by atoms with van der Waals surface area (Å²) in [5.41, 5.74) is 2.21. The normalized spacial score (nSPS) is 12.4. The van der Waals surface area contributed by atoms with Crippen molar-refractivity contribution in [2.24, 2.45) is 0 Å². The molecule has 2 aromatic rings. The SMILES string of the molecule is CCn1ncc(OC)c1C(NC)c1ccccc1Br. The lowest BCUT2D eigenvalue weighted by Crippen LogP contribution is -2.22. The molecule has 0 aliphatic heterocycles. The van der Waals surface area contributed by atoms with Crippen molar-refractivity contribution in [1.29, 1.82) is 0 Å². The van der Waals surface area contributed by atoms with Gasteiger partial charge in [0.1, 0.15) is 5.69 Å². The summed E-state index contributed by atoms with van der Waals surface area (Å²) in [5.74, 6) is 0.803. The average molecular weight is 324 g/mol. The van der Waals surface area contributed by atoms with Crippen molar-refractivity contribution in [1.82, 2.24) is 15.1 Å². The fourth-order valence-electron chi connectivity index (χ4n) is 2.23. The minimum Gasteiger partial charge on any atom is -0.493 e. The van der Waals surface area contributed by atoms with Gasteiger partial charge in [-0.15, -0.1) is 0 Å². The van der Waals surface area contributed by atoms with Gasteiger partial charge in [0, 0.05) is 11.0 Å². The number of aryl methyl sites for hydroxylation is 1. The molecule has 1 N–H and O–H groups in total. The third kappa shape index (κ3) is 2.67. The summed E-state index contributed by atoms with van der Waals surface area (Å²) in [5, 5.41) is 7.71. The second-order valence-electron chi connectivity index (χ2n) is 4.16. The first-order valence-electron chi connectivity index (χ1n) is 6.24.